The van der Waals surface area contributed by atoms with E-state index in [9.17, 15) is 25.1 Å². The van der Waals surface area contributed by atoms with E-state index in [1.165, 1.54) is 17.1 Å². The van der Waals surface area contributed by atoms with E-state index in [1.807, 2.05) is 0 Å². The van der Waals surface area contributed by atoms with E-state index in [2.05, 4.69) is 0 Å². The Morgan fingerprint density at radius 2 is 2.18 bits per heavy atom. The number of amides is 1. The zero-order chi connectivity index (χ0) is 16.9. The molecule has 0 radical (unpaired) electrons. The maximum atomic E-state index is 12.1. The van der Waals surface area contributed by atoms with E-state index in [-0.39, 0.29) is 11.1 Å². The third kappa shape index (κ3) is 3.39. The minimum Gasteiger partial charge on any atom is -0.379 e. The molecule has 0 aromatic rings. The lowest BCUT2D eigenvalue weighted by molar-refractivity contribution is -0.618. The molecule has 2 unspecified atom stereocenters. The van der Waals surface area contributed by atoms with Gasteiger partial charge in [0, 0.05) is 19.2 Å². The Morgan fingerprint density at radius 1 is 1.59 bits per heavy atom. The van der Waals surface area contributed by atoms with Crippen LogP contribution in [0.5, 0.6) is 0 Å². The first-order chi connectivity index (χ1) is 10.3. The van der Waals surface area contributed by atoms with Crippen molar-refractivity contribution in [3.63, 3.8) is 0 Å². The van der Waals surface area contributed by atoms with Crippen LogP contribution in [0.15, 0.2) is 35.5 Å². The monoisotopic (exact) mass is 307 g/mol. The molecule has 22 heavy (non-hydrogen) atoms. The molecule has 0 aromatic heterocycles. The highest BCUT2D eigenvalue weighted by Gasteiger charge is 2.46. The number of carbonyl (C=O) groups is 1. The summed E-state index contributed by atoms with van der Waals surface area (Å²) in [5.41, 5.74) is -2.53. The predicted molar refractivity (Wildman–Crippen MR) is 76.8 cm³/mol. The standard InChI is InChI=1S/C14H17N3O5/c1-3-16(4-2)13(19)11(9-15)7-10-5-6-14(20,17(21)22)12(18)8-10/h5-8,12,18,20H,3-4H2,1-2H3. The van der Waals surface area contributed by atoms with Crippen LogP contribution >= 0.6 is 0 Å². The van der Waals surface area contributed by atoms with Gasteiger partial charge in [-0.05, 0) is 37.6 Å². The van der Waals surface area contributed by atoms with Gasteiger partial charge in [-0.3, -0.25) is 14.9 Å². The zero-order valence-corrected chi connectivity index (χ0v) is 12.3. The summed E-state index contributed by atoms with van der Waals surface area (Å²) >= 11 is 0. The second kappa shape index (κ2) is 6.98. The molecule has 8 nitrogen and oxygen atoms in total. The lowest BCUT2D eigenvalue weighted by atomic mass is 9.96. The average molecular weight is 307 g/mol. The molecule has 0 heterocycles. The zero-order valence-electron chi connectivity index (χ0n) is 12.3. The Balaban J connectivity index is 3.08. The van der Waals surface area contributed by atoms with Crippen LogP contribution in [0.2, 0.25) is 0 Å². The van der Waals surface area contributed by atoms with Crippen molar-refractivity contribution < 1.29 is 19.9 Å². The van der Waals surface area contributed by atoms with Crippen LogP contribution in [0.4, 0.5) is 0 Å². The summed E-state index contributed by atoms with van der Waals surface area (Å²) < 4.78 is 0. The fourth-order valence-corrected chi connectivity index (χ4v) is 1.93. The first kappa shape index (κ1) is 17.6. The summed E-state index contributed by atoms with van der Waals surface area (Å²) in [5, 5.41) is 39.1. The number of nitrogens with zero attached hydrogens (tertiary/aromatic N) is 3. The van der Waals surface area contributed by atoms with Crippen molar-refractivity contribution >= 4 is 5.91 Å². The van der Waals surface area contributed by atoms with Gasteiger partial charge in [0.25, 0.3) is 5.91 Å². The van der Waals surface area contributed by atoms with E-state index in [0.29, 0.717) is 13.1 Å². The van der Waals surface area contributed by atoms with Crippen molar-refractivity contribution in [1.82, 2.24) is 4.90 Å². The molecule has 118 valence electrons. The quantitative estimate of drug-likeness (QED) is 0.244. The molecule has 8 heteroatoms. The summed E-state index contributed by atoms with van der Waals surface area (Å²) in [6.07, 6.45) is 2.47. The summed E-state index contributed by atoms with van der Waals surface area (Å²) in [6, 6.07) is 1.77. The second-order valence-electron chi connectivity index (χ2n) is 4.63. The second-order valence-corrected chi connectivity index (χ2v) is 4.63. The van der Waals surface area contributed by atoms with Gasteiger partial charge in [-0.1, -0.05) is 0 Å². The van der Waals surface area contributed by atoms with Gasteiger partial charge in [0.05, 0.1) is 4.92 Å². The van der Waals surface area contributed by atoms with E-state index >= 15 is 0 Å². The summed E-state index contributed by atoms with van der Waals surface area (Å²) in [5.74, 6) is -0.466. The topological polar surface area (TPSA) is 128 Å². The Labute approximate surface area is 127 Å². The minimum absolute atomic E-state index is 0.154. The molecular formula is C14H17N3O5. The van der Waals surface area contributed by atoms with Gasteiger partial charge in [0.1, 0.15) is 11.6 Å². The molecule has 0 bridgehead atoms. The Hall–Kier alpha value is -2.50. The molecule has 0 aromatic carbocycles. The maximum Gasteiger partial charge on any atom is 0.371 e. The predicted octanol–water partition coefficient (Wildman–Crippen LogP) is 0.127. The molecule has 0 spiro atoms. The van der Waals surface area contributed by atoms with Crippen LogP contribution in [-0.2, 0) is 4.79 Å². The lowest BCUT2D eigenvalue weighted by Gasteiger charge is -2.22. The largest absolute Gasteiger partial charge is 0.379 e. The SMILES string of the molecule is CCN(CC)C(=O)C(C#N)=CC1=CC(O)C(O)([N+](=O)[O-])C=C1. The molecule has 0 saturated carbocycles. The van der Waals surface area contributed by atoms with Crippen molar-refractivity contribution in [2.24, 2.45) is 0 Å². The van der Waals surface area contributed by atoms with Gasteiger partial charge in [0.15, 0.2) is 6.10 Å². The number of aliphatic hydroxyl groups excluding tert-OH is 1. The number of hydrogen-bond acceptors (Lipinski definition) is 6. The molecule has 2 atom stereocenters. The number of carbonyl (C=O) groups excluding carboxylic acids is 1. The van der Waals surface area contributed by atoms with Crippen LogP contribution in [0, 0.1) is 21.4 Å². The summed E-state index contributed by atoms with van der Waals surface area (Å²) in [6.45, 7) is 4.42. The van der Waals surface area contributed by atoms with E-state index in [1.54, 1.807) is 19.9 Å². The average Bonchev–Trinajstić information content (AvgIpc) is 2.49. The number of aliphatic hydroxyl groups is 2. The number of rotatable bonds is 5. The van der Waals surface area contributed by atoms with Crippen molar-refractivity contribution in [2.45, 2.75) is 25.7 Å². The number of nitro groups is 1. The molecule has 0 fully saturated rings. The smallest absolute Gasteiger partial charge is 0.371 e. The molecule has 1 aliphatic carbocycles. The molecule has 0 saturated heterocycles. The molecule has 2 N–H and O–H groups in total. The summed E-state index contributed by atoms with van der Waals surface area (Å²) in [7, 11) is 0. The highest BCUT2D eigenvalue weighted by atomic mass is 16.7. The fraction of sp³-hybridized carbons (Fsp3) is 0.429. The molecule has 0 aliphatic heterocycles. The first-order valence-corrected chi connectivity index (χ1v) is 6.67. The van der Waals surface area contributed by atoms with Crippen LogP contribution in [0.1, 0.15) is 13.8 Å². The van der Waals surface area contributed by atoms with Crippen LogP contribution in [0.25, 0.3) is 0 Å². The molecule has 1 aliphatic rings. The summed E-state index contributed by atoms with van der Waals surface area (Å²) in [4.78, 5) is 23.3. The van der Waals surface area contributed by atoms with Gasteiger partial charge in [-0.2, -0.15) is 5.26 Å². The van der Waals surface area contributed by atoms with Gasteiger partial charge >= 0.3 is 5.72 Å². The van der Waals surface area contributed by atoms with E-state index in [4.69, 9.17) is 5.26 Å². The Bertz CT molecular complexity index is 598. The Morgan fingerprint density at radius 3 is 2.59 bits per heavy atom. The normalized spacial score (nSPS) is 24.4. The third-order valence-electron chi connectivity index (χ3n) is 3.31. The third-order valence-corrected chi connectivity index (χ3v) is 3.31. The van der Waals surface area contributed by atoms with Crippen LogP contribution in [-0.4, -0.2) is 50.9 Å². The molecular weight excluding hydrogens is 290 g/mol. The minimum atomic E-state index is -2.60. The Kier molecular flexibility index (Phi) is 5.56. The number of allylic oxidation sites excluding steroid dienone is 3. The van der Waals surface area contributed by atoms with Crippen molar-refractivity contribution in [3.05, 3.63) is 45.6 Å². The van der Waals surface area contributed by atoms with Gasteiger partial charge in [0.2, 0.25) is 0 Å². The first-order valence-electron chi connectivity index (χ1n) is 6.67. The van der Waals surface area contributed by atoms with Gasteiger partial charge < -0.3 is 15.1 Å². The number of nitriles is 1. The van der Waals surface area contributed by atoms with Crippen molar-refractivity contribution in [3.8, 4) is 6.07 Å². The highest BCUT2D eigenvalue weighted by Crippen LogP contribution is 2.23. The molecule has 1 rings (SSSR count). The van der Waals surface area contributed by atoms with Crippen LogP contribution in [0.3, 0.4) is 0 Å². The van der Waals surface area contributed by atoms with Crippen molar-refractivity contribution in [1.29, 1.82) is 5.26 Å². The molecule has 1 amide bonds. The van der Waals surface area contributed by atoms with Gasteiger partial charge in [-0.15, -0.1) is 0 Å². The van der Waals surface area contributed by atoms with Crippen molar-refractivity contribution in [2.75, 3.05) is 13.1 Å². The van der Waals surface area contributed by atoms with Crippen LogP contribution < -0.4 is 0 Å². The maximum absolute atomic E-state index is 12.1. The number of hydrogen-bond donors (Lipinski definition) is 2. The lowest BCUT2D eigenvalue weighted by Crippen LogP contribution is -2.48. The highest BCUT2D eigenvalue weighted by molar-refractivity contribution is 5.97. The van der Waals surface area contributed by atoms with Gasteiger partial charge in [-0.25, -0.2) is 0 Å². The van der Waals surface area contributed by atoms with E-state index in [0.717, 1.165) is 12.2 Å². The fourth-order valence-electron chi connectivity index (χ4n) is 1.93. The van der Waals surface area contributed by atoms with E-state index < -0.39 is 22.7 Å². The number of likely N-dealkylation sites (N-methyl/N-ethyl adjacent to an activating group) is 1.